The number of rotatable bonds is 4. The van der Waals surface area contributed by atoms with Crippen molar-refractivity contribution < 1.29 is 4.74 Å². The molecule has 2 aromatic carbocycles. The maximum atomic E-state index is 8.80. The minimum atomic E-state index is 0.689. The van der Waals surface area contributed by atoms with E-state index in [0.29, 0.717) is 5.56 Å². The van der Waals surface area contributed by atoms with Crippen LogP contribution in [0.1, 0.15) is 24.8 Å². The van der Waals surface area contributed by atoms with E-state index in [2.05, 4.69) is 18.2 Å². The van der Waals surface area contributed by atoms with Crippen molar-refractivity contribution in [2.24, 2.45) is 5.92 Å². The zero-order valence-electron chi connectivity index (χ0n) is 11.4. The summed E-state index contributed by atoms with van der Waals surface area (Å²) >= 11 is 0. The molecule has 0 amide bonds. The van der Waals surface area contributed by atoms with Crippen molar-refractivity contribution >= 4 is 0 Å². The van der Waals surface area contributed by atoms with Crippen LogP contribution in [0.25, 0.3) is 11.1 Å². The summed E-state index contributed by atoms with van der Waals surface area (Å²) in [7, 11) is 0. The molecule has 0 unspecified atom stereocenters. The van der Waals surface area contributed by atoms with Gasteiger partial charge < -0.3 is 4.74 Å². The minimum absolute atomic E-state index is 0.689. The van der Waals surface area contributed by atoms with Crippen LogP contribution in [-0.2, 0) is 0 Å². The fraction of sp³-hybridized carbons (Fsp3) is 0.278. The van der Waals surface area contributed by atoms with Crippen LogP contribution >= 0.6 is 0 Å². The quantitative estimate of drug-likeness (QED) is 0.818. The first-order valence-corrected chi connectivity index (χ1v) is 7.08. The zero-order valence-corrected chi connectivity index (χ0v) is 11.4. The number of benzene rings is 2. The summed E-state index contributed by atoms with van der Waals surface area (Å²) in [4.78, 5) is 0. The fourth-order valence-electron chi connectivity index (χ4n) is 2.35. The molecule has 0 atom stereocenters. The molecule has 0 radical (unpaired) electrons. The molecule has 1 saturated carbocycles. The third kappa shape index (κ3) is 2.83. The van der Waals surface area contributed by atoms with Gasteiger partial charge >= 0.3 is 0 Å². The van der Waals surface area contributed by atoms with E-state index in [1.165, 1.54) is 19.3 Å². The lowest BCUT2D eigenvalue weighted by Crippen LogP contribution is -2.19. The molecule has 0 bridgehead atoms. The van der Waals surface area contributed by atoms with Gasteiger partial charge in [0.15, 0.2) is 0 Å². The normalized spacial score (nSPS) is 14.3. The third-order valence-electron chi connectivity index (χ3n) is 3.91. The number of hydrogen-bond donors (Lipinski definition) is 0. The minimum Gasteiger partial charge on any atom is -0.493 e. The highest BCUT2D eigenvalue weighted by atomic mass is 16.5. The molecule has 3 rings (SSSR count). The first-order valence-electron chi connectivity index (χ1n) is 7.08. The van der Waals surface area contributed by atoms with Gasteiger partial charge in [0.2, 0.25) is 0 Å². The van der Waals surface area contributed by atoms with Crippen molar-refractivity contribution in [2.45, 2.75) is 19.3 Å². The summed E-state index contributed by atoms with van der Waals surface area (Å²) in [5.74, 6) is 1.70. The topological polar surface area (TPSA) is 33.0 Å². The molecule has 20 heavy (non-hydrogen) atoms. The Kier molecular flexibility index (Phi) is 3.69. The van der Waals surface area contributed by atoms with E-state index in [0.717, 1.165) is 29.4 Å². The second-order valence-electron chi connectivity index (χ2n) is 5.32. The molecule has 2 aromatic rings. The van der Waals surface area contributed by atoms with E-state index in [9.17, 15) is 0 Å². The predicted molar refractivity (Wildman–Crippen MR) is 79.4 cm³/mol. The van der Waals surface area contributed by atoms with Crippen LogP contribution in [0.3, 0.4) is 0 Å². The van der Waals surface area contributed by atoms with Gasteiger partial charge in [-0.25, -0.2) is 0 Å². The lowest BCUT2D eigenvalue weighted by molar-refractivity contribution is 0.180. The Bertz CT molecular complexity index is 603. The van der Waals surface area contributed by atoms with Crippen molar-refractivity contribution in [1.82, 2.24) is 0 Å². The highest BCUT2D eigenvalue weighted by molar-refractivity contribution is 5.64. The number of hydrogen-bond acceptors (Lipinski definition) is 2. The molecule has 0 saturated heterocycles. The molecule has 0 heterocycles. The van der Waals surface area contributed by atoms with Gasteiger partial charge in [0.1, 0.15) is 5.75 Å². The van der Waals surface area contributed by atoms with Crippen molar-refractivity contribution in [3.05, 3.63) is 54.1 Å². The summed E-state index contributed by atoms with van der Waals surface area (Å²) in [5, 5.41) is 8.80. The highest BCUT2D eigenvalue weighted by Gasteiger charge is 2.17. The Morgan fingerprint density at radius 3 is 2.05 bits per heavy atom. The number of nitrogens with zero attached hydrogens (tertiary/aromatic N) is 1. The van der Waals surface area contributed by atoms with Gasteiger partial charge in [-0.2, -0.15) is 5.26 Å². The molecule has 1 aliphatic rings. The molecular formula is C18H17NO. The van der Waals surface area contributed by atoms with Crippen LogP contribution < -0.4 is 4.74 Å². The van der Waals surface area contributed by atoms with Crippen molar-refractivity contribution in [1.29, 1.82) is 5.26 Å². The van der Waals surface area contributed by atoms with Crippen molar-refractivity contribution in [3.8, 4) is 22.9 Å². The fourth-order valence-corrected chi connectivity index (χ4v) is 2.35. The van der Waals surface area contributed by atoms with Crippen LogP contribution in [-0.4, -0.2) is 6.61 Å². The van der Waals surface area contributed by atoms with Gasteiger partial charge in [-0.05, 0) is 54.2 Å². The predicted octanol–water partition coefficient (Wildman–Crippen LogP) is 4.40. The molecule has 1 aliphatic carbocycles. The maximum absolute atomic E-state index is 8.80. The summed E-state index contributed by atoms with van der Waals surface area (Å²) < 4.78 is 5.79. The van der Waals surface area contributed by atoms with E-state index < -0.39 is 0 Å². The van der Waals surface area contributed by atoms with Gasteiger partial charge in [-0.3, -0.25) is 0 Å². The Balaban J connectivity index is 1.66. The number of ether oxygens (including phenoxy) is 1. The lowest BCUT2D eigenvalue weighted by atomic mass is 9.86. The third-order valence-corrected chi connectivity index (χ3v) is 3.91. The SMILES string of the molecule is N#Cc1ccc(-c2ccc(OCC3CCC3)cc2)cc1. The van der Waals surface area contributed by atoms with Gasteiger partial charge in [0.05, 0.1) is 18.2 Å². The molecule has 0 aliphatic heterocycles. The molecule has 1 fully saturated rings. The van der Waals surface area contributed by atoms with Crippen LogP contribution in [0, 0.1) is 17.2 Å². The van der Waals surface area contributed by atoms with Crippen molar-refractivity contribution in [2.75, 3.05) is 6.61 Å². The van der Waals surface area contributed by atoms with Crippen LogP contribution in [0.5, 0.6) is 5.75 Å². The summed E-state index contributed by atoms with van der Waals surface area (Å²) in [6.45, 7) is 0.843. The van der Waals surface area contributed by atoms with E-state index in [-0.39, 0.29) is 0 Å². The monoisotopic (exact) mass is 263 g/mol. The molecule has 2 heteroatoms. The first-order chi connectivity index (χ1) is 9.85. The summed E-state index contributed by atoms with van der Waals surface area (Å²) in [6, 6.07) is 17.9. The zero-order chi connectivity index (χ0) is 13.8. The Hall–Kier alpha value is -2.27. The van der Waals surface area contributed by atoms with Crippen molar-refractivity contribution in [3.63, 3.8) is 0 Å². The molecular weight excluding hydrogens is 246 g/mol. The standard InChI is InChI=1S/C18H17NO/c19-12-14-4-6-16(7-5-14)17-8-10-18(11-9-17)20-13-15-2-1-3-15/h4-11,15H,1-3,13H2. The Labute approximate surface area is 119 Å². The molecule has 0 spiro atoms. The second kappa shape index (κ2) is 5.79. The molecule has 100 valence electrons. The summed E-state index contributed by atoms with van der Waals surface area (Å²) in [6.07, 6.45) is 3.97. The van der Waals surface area contributed by atoms with E-state index in [4.69, 9.17) is 10.00 Å². The van der Waals surface area contributed by atoms with E-state index in [1.54, 1.807) is 0 Å². The average Bonchev–Trinajstić information content (AvgIpc) is 2.46. The summed E-state index contributed by atoms with van der Waals surface area (Å²) in [5.41, 5.74) is 2.95. The van der Waals surface area contributed by atoms with Gasteiger partial charge in [0.25, 0.3) is 0 Å². The van der Waals surface area contributed by atoms with Gasteiger partial charge in [0, 0.05) is 0 Å². The maximum Gasteiger partial charge on any atom is 0.119 e. The molecule has 0 N–H and O–H groups in total. The highest BCUT2D eigenvalue weighted by Crippen LogP contribution is 2.28. The first kappa shape index (κ1) is 12.7. The van der Waals surface area contributed by atoms with Gasteiger partial charge in [-0.15, -0.1) is 0 Å². The Morgan fingerprint density at radius 1 is 0.950 bits per heavy atom. The average molecular weight is 263 g/mol. The lowest BCUT2D eigenvalue weighted by Gasteiger charge is -2.25. The number of nitriles is 1. The van der Waals surface area contributed by atoms with Crippen LogP contribution in [0.4, 0.5) is 0 Å². The molecule has 0 aromatic heterocycles. The van der Waals surface area contributed by atoms with Crippen LogP contribution in [0.2, 0.25) is 0 Å². The second-order valence-corrected chi connectivity index (χ2v) is 5.32. The van der Waals surface area contributed by atoms with Crippen LogP contribution in [0.15, 0.2) is 48.5 Å². The smallest absolute Gasteiger partial charge is 0.119 e. The Morgan fingerprint density at radius 2 is 1.55 bits per heavy atom. The molecule has 2 nitrogen and oxygen atoms in total. The van der Waals surface area contributed by atoms with E-state index >= 15 is 0 Å². The van der Waals surface area contributed by atoms with Gasteiger partial charge in [-0.1, -0.05) is 30.7 Å². The van der Waals surface area contributed by atoms with E-state index in [1.807, 2.05) is 36.4 Å². The largest absolute Gasteiger partial charge is 0.493 e.